The summed E-state index contributed by atoms with van der Waals surface area (Å²) in [5, 5.41) is 24.6. The van der Waals surface area contributed by atoms with Gasteiger partial charge in [-0.1, -0.05) is 0 Å². The fourth-order valence-corrected chi connectivity index (χ4v) is 4.18. The van der Waals surface area contributed by atoms with E-state index in [9.17, 15) is 9.90 Å². The van der Waals surface area contributed by atoms with Crippen molar-refractivity contribution < 1.29 is 9.90 Å². The number of hydrogen-bond acceptors (Lipinski definition) is 9. The Hall–Kier alpha value is -4.32. The van der Waals surface area contributed by atoms with Gasteiger partial charge in [0.25, 0.3) is 5.91 Å². The van der Waals surface area contributed by atoms with Gasteiger partial charge in [0.2, 0.25) is 5.95 Å². The van der Waals surface area contributed by atoms with Crippen molar-refractivity contribution in [2.45, 2.75) is 26.8 Å². The number of aromatic nitrogens is 7. The van der Waals surface area contributed by atoms with Gasteiger partial charge in [0.15, 0.2) is 11.6 Å². The quantitative estimate of drug-likeness (QED) is 0.370. The highest BCUT2D eigenvalue weighted by molar-refractivity contribution is 5.94. The third-order valence-electron chi connectivity index (χ3n) is 5.98. The monoisotopic (exact) mass is 488 g/mol. The molecule has 5 heterocycles. The molecule has 0 saturated carbocycles. The summed E-state index contributed by atoms with van der Waals surface area (Å²) in [5.41, 5.74) is 3.23. The van der Waals surface area contributed by atoms with Crippen molar-refractivity contribution in [1.82, 2.24) is 39.8 Å². The lowest BCUT2D eigenvalue weighted by atomic mass is 10.1. The first-order valence-corrected chi connectivity index (χ1v) is 11.7. The summed E-state index contributed by atoms with van der Waals surface area (Å²) in [7, 11) is 0. The first-order chi connectivity index (χ1) is 17.4. The number of amides is 1. The number of carbonyl (C=O) groups is 1. The zero-order chi connectivity index (χ0) is 25.2. The van der Waals surface area contributed by atoms with Gasteiger partial charge < -0.3 is 20.2 Å². The molecule has 12 nitrogen and oxygen atoms in total. The lowest BCUT2D eigenvalue weighted by Gasteiger charge is -2.40. The van der Waals surface area contributed by atoms with Crippen LogP contribution >= 0.6 is 0 Å². The SMILES string of the molecule is Cc1cnn(-c2ccc(C(=O)N3CCN(c4nc(C)cc(Nc5cc(C)[nH]n5)n4)CC3CO)cn2)c1. The van der Waals surface area contributed by atoms with Gasteiger partial charge in [0.1, 0.15) is 5.82 Å². The fraction of sp³-hybridized carbons (Fsp3) is 0.333. The third kappa shape index (κ3) is 4.89. The molecule has 4 aromatic heterocycles. The molecule has 1 amide bonds. The van der Waals surface area contributed by atoms with Gasteiger partial charge in [-0.05, 0) is 38.5 Å². The Morgan fingerprint density at radius 1 is 1.14 bits per heavy atom. The highest BCUT2D eigenvalue weighted by Gasteiger charge is 2.32. The average molecular weight is 489 g/mol. The molecule has 1 saturated heterocycles. The van der Waals surface area contributed by atoms with Crippen LogP contribution in [0.1, 0.15) is 27.3 Å². The number of carbonyl (C=O) groups excluding carboxylic acids is 1. The number of H-pyrrole nitrogens is 1. The lowest BCUT2D eigenvalue weighted by molar-refractivity contribution is 0.0563. The smallest absolute Gasteiger partial charge is 0.255 e. The molecule has 0 aromatic carbocycles. The molecule has 4 aromatic rings. The molecule has 1 unspecified atom stereocenters. The number of aromatic amines is 1. The summed E-state index contributed by atoms with van der Waals surface area (Å²) in [6.07, 6.45) is 5.17. The van der Waals surface area contributed by atoms with E-state index in [0.717, 1.165) is 17.0 Å². The average Bonchev–Trinajstić information content (AvgIpc) is 3.50. The van der Waals surface area contributed by atoms with Gasteiger partial charge >= 0.3 is 0 Å². The molecule has 1 aliphatic rings. The van der Waals surface area contributed by atoms with E-state index in [2.05, 4.69) is 35.6 Å². The number of pyridine rings is 1. The normalized spacial score (nSPS) is 15.8. The maximum absolute atomic E-state index is 13.3. The predicted octanol–water partition coefficient (Wildman–Crippen LogP) is 1.77. The van der Waals surface area contributed by atoms with E-state index in [4.69, 9.17) is 0 Å². The van der Waals surface area contributed by atoms with E-state index in [1.165, 1.54) is 0 Å². The third-order valence-corrected chi connectivity index (χ3v) is 5.98. The molecule has 36 heavy (non-hydrogen) atoms. The van der Waals surface area contributed by atoms with Gasteiger partial charge in [-0.2, -0.15) is 15.2 Å². The first kappa shape index (κ1) is 23.4. The highest BCUT2D eigenvalue weighted by atomic mass is 16.3. The van der Waals surface area contributed by atoms with Crippen LogP contribution in [0.25, 0.3) is 5.82 Å². The summed E-state index contributed by atoms with van der Waals surface area (Å²) >= 11 is 0. The molecule has 5 rings (SSSR count). The largest absolute Gasteiger partial charge is 0.394 e. The van der Waals surface area contributed by atoms with Crippen molar-refractivity contribution in [1.29, 1.82) is 0 Å². The summed E-state index contributed by atoms with van der Waals surface area (Å²) in [6, 6.07) is 6.83. The fourth-order valence-electron chi connectivity index (χ4n) is 4.18. The number of anilines is 3. The van der Waals surface area contributed by atoms with Crippen LogP contribution in [0.5, 0.6) is 0 Å². The second-order valence-corrected chi connectivity index (χ2v) is 8.90. The zero-order valence-corrected chi connectivity index (χ0v) is 20.4. The number of aliphatic hydroxyl groups excluding tert-OH is 1. The van der Waals surface area contributed by atoms with Gasteiger partial charge in [-0.15, -0.1) is 0 Å². The summed E-state index contributed by atoms with van der Waals surface area (Å²) in [5.74, 6) is 2.29. The van der Waals surface area contributed by atoms with Gasteiger partial charge in [-0.25, -0.2) is 14.6 Å². The number of piperazine rings is 1. The molecular formula is C24H28N10O2. The minimum Gasteiger partial charge on any atom is -0.394 e. The number of aliphatic hydroxyl groups is 1. The van der Waals surface area contributed by atoms with Crippen molar-refractivity contribution in [3.05, 3.63) is 65.4 Å². The van der Waals surface area contributed by atoms with Gasteiger partial charge in [0, 0.05) is 55.5 Å². The van der Waals surface area contributed by atoms with Crippen LogP contribution in [0.3, 0.4) is 0 Å². The van der Waals surface area contributed by atoms with Crippen LogP contribution in [0.4, 0.5) is 17.6 Å². The molecule has 0 bridgehead atoms. The maximum Gasteiger partial charge on any atom is 0.255 e. The van der Waals surface area contributed by atoms with E-state index in [1.807, 2.05) is 44.0 Å². The Morgan fingerprint density at radius 3 is 2.67 bits per heavy atom. The Kier molecular flexibility index (Phi) is 6.34. The summed E-state index contributed by atoms with van der Waals surface area (Å²) in [4.78, 5) is 30.6. The van der Waals surface area contributed by atoms with Crippen molar-refractivity contribution in [2.24, 2.45) is 0 Å². The van der Waals surface area contributed by atoms with Crippen LogP contribution in [0, 0.1) is 20.8 Å². The molecular weight excluding hydrogens is 460 g/mol. The number of rotatable bonds is 6. The molecule has 1 atom stereocenters. The molecule has 0 radical (unpaired) electrons. The van der Waals surface area contributed by atoms with Crippen molar-refractivity contribution in [3.63, 3.8) is 0 Å². The summed E-state index contributed by atoms with van der Waals surface area (Å²) < 4.78 is 1.66. The van der Waals surface area contributed by atoms with Crippen LogP contribution < -0.4 is 10.2 Å². The van der Waals surface area contributed by atoms with Crippen molar-refractivity contribution in [3.8, 4) is 5.82 Å². The number of aryl methyl sites for hydroxylation is 3. The second-order valence-electron chi connectivity index (χ2n) is 8.90. The molecule has 0 aliphatic carbocycles. The molecule has 12 heteroatoms. The molecule has 3 N–H and O–H groups in total. The Bertz CT molecular complexity index is 1360. The van der Waals surface area contributed by atoms with Crippen LogP contribution in [-0.2, 0) is 0 Å². The topological polar surface area (TPSA) is 141 Å². The van der Waals surface area contributed by atoms with Gasteiger partial charge in [-0.3, -0.25) is 9.89 Å². The van der Waals surface area contributed by atoms with E-state index in [1.54, 1.807) is 34.1 Å². The predicted molar refractivity (Wildman–Crippen MR) is 134 cm³/mol. The highest BCUT2D eigenvalue weighted by Crippen LogP contribution is 2.22. The number of hydrogen-bond donors (Lipinski definition) is 3. The Morgan fingerprint density at radius 2 is 2.00 bits per heavy atom. The molecule has 186 valence electrons. The van der Waals surface area contributed by atoms with Crippen LogP contribution in [-0.4, -0.2) is 83.1 Å². The van der Waals surface area contributed by atoms with E-state index >= 15 is 0 Å². The van der Waals surface area contributed by atoms with Crippen molar-refractivity contribution >= 4 is 23.5 Å². The van der Waals surface area contributed by atoms with Gasteiger partial charge in [0.05, 0.1) is 24.4 Å². The second kappa shape index (κ2) is 9.74. The van der Waals surface area contributed by atoms with E-state index < -0.39 is 6.04 Å². The minimum absolute atomic E-state index is 0.175. The molecule has 0 spiro atoms. The Labute approximate surface area is 208 Å². The molecule has 1 fully saturated rings. The number of nitrogens with zero attached hydrogens (tertiary/aromatic N) is 8. The number of nitrogens with one attached hydrogen (secondary N) is 2. The standard InChI is InChI=1S/C24H28N10O2/c1-15-10-26-34(12-15)22-5-4-18(11-25-22)23(36)33-7-6-32(13-19(33)14-35)24-27-16(2)8-20(29-24)28-21-9-17(3)30-31-21/h4-5,8-12,19,35H,6-7,13-14H2,1-3H3,(H2,27,28,29,30,31). The zero-order valence-electron chi connectivity index (χ0n) is 20.4. The summed E-state index contributed by atoms with van der Waals surface area (Å²) in [6.45, 7) is 6.96. The van der Waals surface area contributed by atoms with Crippen molar-refractivity contribution in [2.75, 3.05) is 36.5 Å². The van der Waals surface area contributed by atoms with E-state index in [-0.39, 0.29) is 12.5 Å². The maximum atomic E-state index is 13.3. The molecule has 1 aliphatic heterocycles. The minimum atomic E-state index is -0.408. The first-order valence-electron chi connectivity index (χ1n) is 11.7. The lowest BCUT2D eigenvalue weighted by Crippen LogP contribution is -2.57. The van der Waals surface area contributed by atoms with Crippen LogP contribution in [0.15, 0.2) is 42.9 Å². The Balaban J connectivity index is 1.29. The van der Waals surface area contributed by atoms with E-state index in [0.29, 0.717) is 48.6 Å². The van der Waals surface area contributed by atoms with Crippen LogP contribution in [0.2, 0.25) is 0 Å².